The normalized spacial score (nSPS) is 12.1. The lowest BCUT2D eigenvalue weighted by Gasteiger charge is -2.16. The second-order valence-electron chi connectivity index (χ2n) is 4.43. The third-order valence-corrected chi connectivity index (χ3v) is 3.19. The zero-order valence-corrected chi connectivity index (χ0v) is 11.1. The lowest BCUT2D eigenvalue weighted by Crippen LogP contribution is -1.98. The molecule has 1 nitrogen and oxygen atoms in total. The summed E-state index contributed by atoms with van der Waals surface area (Å²) < 4.78 is 5.41. The van der Waals surface area contributed by atoms with Crippen LogP contribution in [-0.4, -0.2) is 7.11 Å². The number of hydrogen-bond acceptors (Lipinski definition) is 1. The molecule has 1 aromatic carbocycles. The van der Waals surface area contributed by atoms with Gasteiger partial charge in [-0.2, -0.15) is 0 Å². The maximum absolute atomic E-state index is 5.41. The van der Waals surface area contributed by atoms with Crippen molar-refractivity contribution in [2.24, 2.45) is 0 Å². The maximum atomic E-state index is 5.41. The molecule has 1 heteroatoms. The molecule has 1 aromatic rings. The Bertz CT molecular complexity index is 330. The van der Waals surface area contributed by atoms with Gasteiger partial charge >= 0.3 is 0 Å². The molecule has 0 bridgehead atoms. The first-order valence-corrected chi connectivity index (χ1v) is 6.59. The molecule has 0 aliphatic carbocycles. The van der Waals surface area contributed by atoms with E-state index in [0.717, 1.165) is 5.75 Å². The van der Waals surface area contributed by atoms with Crippen LogP contribution in [0.15, 0.2) is 36.9 Å². The van der Waals surface area contributed by atoms with Gasteiger partial charge in [0.15, 0.2) is 0 Å². The predicted octanol–water partition coefficient (Wildman–Crippen LogP) is 4.94. The molecule has 0 spiro atoms. The molecule has 0 saturated heterocycles. The fraction of sp³-hybridized carbons (Fsp3) is 0.500. The Kier molecular flexibility index (Phi) is 6.46. The highest BCUT2D eigenvalue weighted by atomic mass is 16.5. The molecule has 0 amide bonds. The van der Waals surface area contributed by atoms with E-state index in [1.54, 1.807) is 7.11 Å². The van der Waals surface area contributed by atoms with Crippen molar-refractivity contribution in [3.63, 3.8) is 0 Å². The standard InChI is InChI=1S/C16H24O/c1-4-6-7-8-11-14(5-2)15-12-9-10-13-16(15)17-3/h5,9-10,12-14H,2,4,6-8,11H2,1,3H3. The minimum atomic E-state index is 0.419. The van der Waals surface area contributed by atoms with Gasteiger partial charge in [0.05, 0.1) is 7.11 Å². The Balaban J connectivity index is 2.62. The summed E-state index contributed by atoms with van der Waals surface area (Å²) in [5, 5.41) is 0. The van der Waals surface area contributed by atoms with E-state index in [4.69, 9.17) is 4.74 Å². The molecule has 1 unspecified atom stereocenters. The third-order valence-electron chi connectivity index (χ3n) is 3.19. The SMILES string of the molecule is C=CC(CCCCCC)c1ccccc1OC. The lowest BCUT2D eigenvalue weighted by molar-refractivity contribution is 0.406. The Morgan fingerprint density at radius 1 is 1.24 bits per heavy atom. The van der Waals surface area contributed by atoms with Crippen molar-refractivity contribution in [1.82, 2.24) is 0 Å². The zero-order chi connectivity index (χ0) is 12.5. The van der Waals surface area contributed by atoms with Gasteiger partial charge in [0.2, 0.25) is 0 Å². The number of methoxy groups -OCH3 is 1. The van der Waals surface area contributed by atoms with E-state index in [9.17, 15) is 0 Å². The van der Waals surface area contributed by atoms with Gasteiger partial charge in [-0.15, -0.1) is 6.58 Å². The third kappa shape index (κ3) is 4.26. The molecule has 0 aromatic heterocycles. The average molecular weight is 232 g/mol. The smallest absolute Gasteiger partial charge is 0.122 e. The van der Waals surface area contributed by atoms with Gasteiger partial charge in [0.25, 0.3) is 0 Å². The van der Waals surface area contributed by atoms with E-state index in [-0.39, 0.29) is 0 Å². The van der Waals surface area contributed by atoms with Gasteiger partial charge < -0.3 is 4.74 Å². The summed E-state index contributed by atoms with van der Waals surface area (Å²) in [6, 6.07) is 8.25. The van der Waals surface area contributed by atoms with Gasteiger partial charge in [-0.1, -0.05) is 56.9 Å². The number of ether oxygens (including phenoxy) is 1. The molecule has 0 aliphatic rings. The first-order valence-electron chi connectivity index (χ1n) is 6.59. The quantitative estimate of drug-likeness (QED) is 0.456. The number of para-hydroxylation sites is 1. The summed E-state index contributed by atoms with van der Waals surface area (Å²) in [7, 11) is 1.73. The highest BCUT2D eigenvalue weighted by Gasteiger charge is 2.11. The highest BCUT2D eigenvalue weighted by molar-refractivity contribution is 5.38. The topological polar surface area (TPSA) is 9.23 Å². The molecule has 0 aliphatic heterocycles. The van der Waals surface area contributed by atoms with Crippen LogP contribution in [0.2, 0.25) is 0 Å². The van der Waals surface area contributed by atoms with Crippen LogP contribution >= 0.6 is 0 Å². The molecule has 0 radical (unpaired) electrons. The average Bonchev–Trinajstić information content (AvgIpc) is 2.39. The van der Waals surface area contributed by atoms with Crippen LogP contribution in [0.5, 0.6) is 5.75 Å². The van der Waals surface area contributed by atoms with Crippen LogP contribution in [0.4, 0.5) is 0 Å². The monoisotopic (exact) mass is 232 g/mol. The molecular weight excluding hydrogens is 208 g/mol. The Morgan fingerprint density at radius 2 is 2.00 bits per heavy atom. The first kappa shape index (κ1) is 13.8. The van der Waals surface area contributed by atoms with E-state index < -0.39 is 0 Å². The maximum Gasteiger partial charge on any atom is 0.122 e. The second kappa shape index (κ2) is 7.94. The predicted molar refractivity (Wildman–Crippen MR) is 74.7 cm³/mol. The van der Waals surface area contributed by atoms with Gasteiger partial charge in [-0.25, -0.2) is 0 Å². The van der Waals surface area contributed by atoms with Gasteiger partial charge in [0, 0.05) is 11.5 Å². The summed E-state index contributed by atoms with van der Waals surface area (Å²) in [6.45, 7) is 6.20. The van der Waals surface area contributed by atoms with Crippen LogP contribution in [0.25, 0.3) is 0 Å². The first-order chi connectivity index (χ1) is 8.33. The molecule has 0 heterocycles. The van der Waals surface area contributed by atoms with Crippen molar-refractivity contribution in [1.29, 1.82) is 0 Å². The van der Waals surface area contributed by atoms with Gasteiger partial charge in [-0.05, 0) is 12.5 Å². The summed E-state index contributed by atoms with van der Waals surface area (Å²) in [5.41, 5.74) is 1.27. The van der Waals surface area contributed by atoms with Crippen molar-refractivity contribution in [2.75, 3.05) is 7.11 Å². The number of allylic oxidation sites excluding steroid dienone is 1. The lowest BCUT2D eigenvalue weighted by atomic mass is 9.92. The Labute approximate surface area is 106 Å². The number of rotatable bonds is 8. The number of unbranched alkanes of at least 4 members (excludes halogenated alkanes) is 3. The van der Waals surface area contributed by atoms with Gasteiger partial charge in [0.1, 0.15) is 5.75 Å². The minimum Gasteiger partial charge on any atom is -0.496 e. The van der Waals surface area contributed by atoms with Crippen molar-refractivity contribution >= 4 is 0 Å². The molecule has 0 fully saturated rings. The van der Waals surface area contributed by atoms with Crippen molar-refractivity contribution in [3.05, 3.63) is 42.5 Å². The van der Waals surface area contributed by atoms with E-state index in [1.807, 2.05) is 18.2 Å². The molecule has 94 valence electrons. The summed E-state index contributed by atoms with van der Waals surface area (Å²) in [6.07, 6.45) is 8.41. The van der Waals surface area contributed by atoms with E-state index in [1.165, 1.54) is 37.7 Å². The zero-order valence-electron chi connectivity index (χ0n) is 11.1. The van der Waals surface area contributed by atoms with Crippen LogP contribution in [0, 0.1) is 0 Å². The van der Waals surface area contributed by atoms with Crippen LogP contribution in [0.1, 0.15) is 50.5 Å². The van der Waals surface area contributed by atoms with Crippen molar-refractivity contribution < 1.29 is 4.74 Å². The van der Waals surface area contributed by atoms with Crippen molar-refractivity contribution in [3.8, 4) is 5.75 Å². The van der Waals surface area contributed by atoms with E-state index >= 15 is 0 Å². The Morgan fingerprint density at radius 3 is 2.65 bits per heavy atom. The minimum absolute atomic E-state index is 0.419. The van der Waals surface area contributed by atoms with Crippen LogP contribution in [0.3, 0.4) is 0 Å². The summed E-state index contributed by atoms with van der Waals surface area (Å²) in [4.78, 5) is 0. The number of hydrogen-bond donors (Lipinski definition) is 0. The second-order valence-corrected chi connectivity index (χ2v) is 4.43. The molecule has 0 N–H and O–H groups in total. The Hall–Kier alpha value is -1.24. The van der Waals surface area contributed by atoms with Crippen molar-refractivity contribution in [2.45, 2.75) is 44.9 Å². The fourth-order valence-corrected chi connectivity index (χ4v) is 2.16. The van der Waals surface area contributed by atoms with Gasteiger partial charge in [-0.3, -0.25) is 0 Å². The van der Waals surface area contributed by atoms with E-state index in [2.05, 4.69) is 25.6 Å². The largest absolute Gasteiger partial charge is 0.496 e. The molecule has 17 heavy (non-hydrogen) atoms. The number of benzene rings is 1. The molecule has 1 rings (SSSR count). The van der Waals surface area contributed by atoms with Crippen LogP contribution < -0.4 is 4.74 Å². The molecular formula is C16H24O. The van der Waals surface area contributed by atoms with E-state index in [0.29, 0.717) is 5.92 Å². The summed E-state index contributed by atoms with van der Waals surface area (Å²) in [5.74, 6) is 1.40. The highest BCUT2D eigenvalue weighted by Crippen LogP contribution is 2.31. The van der Waals surface area contributed by atoms with Crippen LogP contribution in [-0.2, 0) is 0 Å². The molecule has 0 saturated carbocycles. The summed E-state index contributed by atoms with van der Waals surface area (Å²) >= 11 is 0. The molecule has 1 atom stereocenters. The fourth-order valence-electron chi connectivity index (χ4n) is 2.16.